The topological polar surface area (TPSA) is 110 Å². The van der Waals surface area contributed by atoms with Crippen LogP contribution in [0.3, 0.4) is 0 Å². The molecule has 1 amide bonds. The Morgan fingerprint density at radius 1 is 0.975 bits per heavy atom. The first kappa shape index (κ1) is 27.8. The quantitative estimate of drug-likeness (QED) is 0.238. The maximum Gasteiger partial charge on any atom is 0.234 e. The molecule has 208 valence electrons. The second-order valence-corrected chi connectivity index (χ2v) is 12.6. The van der Waals surface area contributed by atoms with Gasteiger partial charge in [0.1, 0.15) is 0 Å². The lowest BCUT2D eigenvalue weighted by Crippen LogP contribution is -2.32. The molecule has 1 aromatic heterocycles. The van der Waals surface area contributed by atoms with E-state index in [1.807, 2.05) is 73.7 Å². The van der Waals surface area contributed by atoms with Gasteiger partial charge in [-0.2, -0.15) is 0 Å². The van der Waals surface area contributed by atoms with Crippen LogP contribution in [0.1, 0.15) is 60.6 Å². The molecule has 0 bridgehead atoms. The number of rotatable bonds is 11. The van der Waals surface area contributed by atoms with Crippen LogP contribution in [0.4, 0.5) is 0 Å². The number of carbonyl (C=O) groups is 1. The minimum absolute atomic E-state index is 0.158. The Morgan fingerprint density at radius 2 is 1.57 bits per heavy atom. The summed E-state index contributed by atoms with van der Waals surface area (Å²) in [5, 5.41) is 15.1. The number of aliphatic hydroxyl groups excluding tert-OH is 1. The van der Waals surface area contributed by atoms with Gasteiger partial charge in [0.2, 0.25) is 15.9 Å². The SMILES string of the molecule is Cc1noc(-c2ccc(-c3ccc(C4(CC(=O)NS(C)(=O)=O)CC4)cc3)cc2)c1C(O)CCCc1ccccc1. The van der Waals surface area contributed by atoms with Crippen LogP contribution < -0.4 is 4.72 Å². The van der Waals surface area contributed by atoms with E-state index < -0.39 is 22.0 Å². The van der Waals surface area contributed by atoms with E-state index in [1.165, 1.54) is 5.56 Å². The number of sulfonamides is 1. The fourth-order valence-corrected chi connectivity index (χ4v) is 5.85. The predicted molar refractivity (Wildman–Crippen MR) is 155 cm³/mol. The lowest BCUT2D eigenvalue weighted by atomic mass is 9.90. The molecule has 1 saturated carbocycles. The molecule has 0 radical (unpaired) electrons. The molecule has 0 spiro atoms. The molecule has 7 nitrogen and oxygen atoms in total. The largest absolute Gasteiger partial charge is 0.388 e. The number of carbonyl (C=O) groups excluding carboxylic acids is 1. The molecular weight excluding hydrogens is 524 g/mol. The molecule has 5 rings (SSSR count). The summed E-state index contributed by atoms with van der Waals surface area (Å²) in [6, 6.07) is 26.3. The molecule has 0 saturated heterocycles. The molecule has 40 heavy (non-hydrogen) atoms. The summed E-state index contributed by atoms with van der Waals surface area (Å²) in [4.78, 5) is 12.2. The standard InChI is InChI=1S/C32H34N2O5S/c1-22-30(28(35)10-6-9-23-7-4-3-5-8-23)31(39-33-22)26-13-11-24(12-14-26)25-15-17-27(18-16-25)32(19-20-32)21-29(36)34-40(2,37)38/h3-5,7-8,11-18,28,35H,6,9-10,19-21H2,1-2H3,(H,34,36). The summed E-state index contributed by atoms with van der Waals surface area (Å²) in [5.74, 6) is 0.123. The van der Waals surface area contributed by atoms with Crippen LogP contribution >= 0.6 is 0 Å². The van der Waals surface area contributed by atoms with Crippen LogP contribution in [0.25, 0.3) is 22.5 Å². The van der Waals surface area contributed by atoms with Gasteiger partial charge in [-0.25, -0.2) is 8.42 Å². The minimum atomic E-state index is -3.56. The molecule has 1 aliphatic carbocycles. The Bertz CT molecular complexity index is 1570. The smallest absolute Gasteiger partial charge is 0.234 e. The van der Waals surface area contributed by atoms with Crippen LogP contribution in [-0.4, -0.2) is 30.8 Å². The van der Waals surface area contributed by atoms with Crippen LogP contribution in [0, 0.1) is 6.92 Å². The van der Waals surface area contributed by atoms with E-state index in [9.17, 15) is 18.3 Å². The third-order valence-electron chi connectivity index (χ3n) is 7.66. The van der Waals surface area contributed by atoms with E-state index in [1.54, 1.807) is 0 Å². The number of aryl methyl sites for hydroxylation is 2. The first-order chi connectivity index (χ1) is 19.1. The number of aliphatic hydroxyl groups is 1. The highest BCUT2D eigenvalue weighted by Gasteiger charge is 2.46. The molecular formula is C32H34N2O5S. The normalized spacial score (nSPS) is 15.0. The highest BCUT2D eigenvalue weighted by Crippen LogP contribution is 2.51. The van der Waals surface area contributed by atoms with Gasteiger partial charge in [0.05, 0.1) is 23.6 Å². The Balaban J connectivity index is 1.25. The first-order valence-corrected chi connectivity index (χ1v) is 15.4. The van der Waals surface area contributed by atoms with Gasteiger partial charge in [-0.3, -0.25) is 9.52 Å². The van der Waals surface area contributed by atoms with Gasteiger partial charge in [0.25, 0.3) is 0 Å². The van der Waals surface area contributed by atoms with Gasteiger partial charge >= 0.3 is 0 Å². The molecule has 4 aromatic rings. The van der Waals surface area contributed by atoms with Crippen molar-refractivity contribution in [1.29, 1.82) is 0 Å². The number of hydrogen-bond acceptors (Lipinski definition) is 6. The zero-order chi connectivity index (χ0) is 28.3. The van der Waals surface area contributed by atoms with Gasteiger partial charge in [-0.1, -0.05) is 84.0 Å². The summed E-state index contributed by atoms with van der Waals surface area (Å²) >= 11 is 0. The summed E-state index contributed by atoms with van der Waals surface area (Å²) in [7, 11) is -3.56. The van der Waals surface area contributed by atoms with Gasteiger partial charge in [-0.15, -0.1) is 0 Å². The number of amides is 1. The number of nitrogens with one attached hydrogen (secondary N) is 1. The molecule has 0 aliphatic heterocycles. The van der Waals surface area contributed by atoms with E-state index >= 15 is 0 Å². The minimum Gasteiger partial charge on any atom is -0.388 e. The zero-order valence-electron chi connectivity index (χ0n) is 22.8. The van der Waals surface area contributed by atoms with E-state index in [4.69, 9.17) is 4.52 Å². The van der Waals surface area contributed by atoms with E-state index in [0.29, 0.717) is 17.9 Å². The van der Waals surface area contributed by atoms with Crippen molar-refractivity contribution < 1.29 is 22.8 Å². The van der Waals surface area contributed by atoms with Crippen molar-refractivity contribution in [3.05, 3.63) is 101 Å². The summed E-state index contributed by atoms with van der Waals surface area (Å²) < 4.78 is 30.5. The van der Waals surface area contributed by atoms with Crippen molar-refractivity contribution in [2.75, 3.05) is 6.26 Å². The fourth-order valence-electron chi connectivity index (χ4n) is 5.36. The molecule has 1 fully saturated rings. The second-order valence-electron chi connectivity index (χ2n) is 10.8. The summed E-state index contributed by atoms with van der Waals surface area (Å²) in [6.45, 7) is 1.86. The van der Waals surface area contributed by atoms with Gasteiger partial charge in [-0.05, 0) is 61.3 Å². The maximum atomic E-state index is 12.2. The third-order valence-corrected chi connectivity index (χ3v) is 8.26. The number of hydrogen-bond donors (Lipinski definition) is 2. The lowest BCUT2D eigenvalue weighted by Gasteiger charge is -2.16. The van der Waals surface area contributed by atoms with Gasteiger partial charge < -0.3 is 9.63 Å². The van der Waals surface area contributed by atoms with Gasteiger partial charge in [0.15, 0.2) is 5.76 Å². The van der Waals surface area contributed by atoms with E-state index in [2.05, 4.69) is 22.0 Å². The zero-order valence-corrected chi connectivity index (χ0v) is 23.6. The first-order valence-electron chi connectivity index (χ1n) is 13.5. The number of aromatic nitrogens is 1. The molecule has 3 aromatic carbocycles. The van der Waals surface area contributed by atoms with E-state index in [0.717, 1.165) is 59.8 Å². The average molecular weight is 559 g/mol. The Labute approximate surface area is 235 Å². The Hall–Kier alpha value is -3.75. The van der Waals surface area contributed by atoms with Gasteiger partial charge in [0, 0.05) is 17.4 Å². The van der Waals surface area contributed by atoms with E-state index in [-0.39, 0.29) is 11.8 Å². The predicted octanol–water partition coefficient (Wildman–Crippen LogP) is 5.87. The molecule has 8 heteroatoms. The maximum absolute atomic E-state index is 12.2. The molecule has 1 aliphatic rings. The van der Waals surface area contributed by atoms with Crippen LogP contribution in [0.15, 0.2) is 83.4 Å². The highest BCUT2D eigenvalue weighted by atomic mass is 32.2. The van der Waals surface area contributed by atoms with Crippen molar-refractivity contribution in [1.82, 2.24) is 9.88 Å². The number of nitrogens with zero attached hydrogens (tertiary/aromatic N) is 1. The summed E-state index contributed by atoms with van der Waals surface area (Å²) in [6.07, 6.45) is 4.58. The van der Waals surface area contributed by atoms with Crippen molar-refractivity contribution in [2.45, 2.75) is 57.0 Å². The molecule has 1 atom stereocenters. The van der Waals surface area contributed by atoms with Crippen molar-refractivity contribution in [3.63, 3.8) is 0 Å². The monoisotopic (exact) mass is 558 g/mol. The van der Waals surface area contributed by atoms with Crippen LogP contribution in [0.2, 0.25) is 0 Å². The molecule has 1 heterocycles. The Morgan fingerprint density at radius 3 is 2.17 bits per heavy atom. The summed E-state index contributed by atoms with van der Waals surface area (Å²) in [5.41, 5.74) is 6.34. The highest BCUT2D eigenvalue weighted by molar-refractivity contribution is 7.89. The van der Waals surface area contributed by atoms with Crippen LogP contribution in [0.5, 0.6) is 0 Å². The van der Waals surface area contributed by atoms with Crippen molar-refractivity contribution in [3.8, 4) is 22.5 Å². The third kappa shape index (κ3) is 6.51. The Kier molecular flexibility index (Phi) is 7.92. The number of benzene rings is 3. The fraction of sp³-hybridized carbons (Fsp3) is 0.312. The van der Waals surface area contributed by atoms with Crippen molar-refractivity contribution >= 4 is 15.9 Å². The molecule has 1 unspecified atom stereocenters. The van der Waals surface area contributed by atoms with Crippen LogP contribution in [-0.2, 0) is 26.7 Å². The molecule has 2 N–H and O–H groups in total. The second kappa shape index (κ2) is 11.4. The van der Waals surface area contributed by atoms with Crippen molar-refractivity contribution in [2.24, 2.45) is 0 Å². The lowest BCUT2D eigenvalue weighted by molar-refractivity contribution is -0.119. The average Bonchev–Trinajstić information content (AvgIpc) is 3.60.